The molecule has 5 nitrogen and oxygen atoms in total. The predicted octanol–water partition coefficient (Wildman–Crippen LogP) is 4.87. The van der Waals surface area contributed by atoms with Crippen molar-refractivity contribution in [3.05, 3.63) is 54.1 Å². The van der Waals surface area contributed by atoms with Crippen LogP contribution in [0.5, 0.6) is 0 Å². The molecule has 2 aromatic rings. The number of halogens is 1. The van der Waals surface area contributed by atoms with E-state index in [4.69, 9.17) is 4.99 Å². The Morgan fingerprint density at radius 3 is 2.55 bits per heavy atom. The Morgan fingerprint density at radius 2 is 1.90 bits per heavy atom. The first-order valence-corrected chi connectivity index (χ1v) is 10.8. The Kier molecular flexibility index (Phi) is 10.5. The van der Waals surface area contributed by atoms with Gasteiger partial charge in [-0.05, 0) is 63.9 Å². The molecule has 3 rings (SSSR count). The summed E-state index contributed by atoms with van der Waals surface area (Å²) in [5.41, 5.74) is 1.50. The molecule has 160 valence electrons. The number of unbranched alkanes of at least 4 members (excludes halogenated alkanes) is 1. The summed E-state index contributed by atoms with van der Waals surface area (Å²) in [6, 6.07) is 11.5. The molecule has 0 unspecified atom stereocenters. The van der Waals surface area contributed by atoms with Gasteiger partial charge < -0.3 is 15.2 Å². The average Bonchev–Trinajstić information content (AvgIpc) is 3.14. The van der Waals surface area contributed by atoms with Crippen molar-refractivity contribution >= 4 is 29.9 Å². The van der Waals surface area contributed by atoms with Crippen molar-refractivity contribution in [3.8, 4) is 0 Å². The molecule has 29 heavy (non-hydrogen) atoms. The van der Waals surface area contributed by atoms with E-state index in [1.165, 1.54) is 31.2 Å². The summed E-state index contributed by atoms with van der Waals surface area (Å²) >= 11 is 0. The Labute approximate surface area is 192 Å². The van der Waals surface area contributed by atoms with E-state index in [0.29, 0.717) is 12.0 Å². The molecule has 0 saturated heterocycles. The van der Waals surface area contributed by atoms with E-state index in [1.54, 1.807) is 0 Å². The van der Waals surface area contributed by atoms with E-state index in [9.17, 15) is 0 Å². The summed E-state index contributed by atoms with van der Waals surface area (Å²) in [5, 5.41) is 7.08. The van der Waals surface area contributed by atoms with Gasteiger partial charge in [-0.15, -0.1) is 24.0 Å². The van der Waals surface area contributed by atoms with E-state index < -0.39 is 0 Å². The number of aromatic nitrogens is 2. The van der Waals surface area contributed by atoms with Gasteiger partial charge in [0.1, 0.15) is 5.82 Å². The van der Waals surface area contributed by atoms with E-state index in [-0.39, 0.29) is 24.0 Å². The molecule has 0 aliphatic heterocycles. The van der Waals surface area contributed by atoms with Crippen molar-refractivity contribution in [2.75, 3.05) is 13.1 Å². The summed E-state index contributed by atoms with van der Waals surface area (Å²) in [5.74, 6) is 2.78. The fraction of sp³-hybridized carbons (Fsp3) is 0.565. The fourth-order valence-electron chi connectivity index (χ4n) is 4.03. The second-order valence-electron chi connectivity index (χ2n) is 7.74. The largest absolute Gasteiger partial charge is 0.357 e. The zero-order valence-electron chi connectivity index (χ0n) is 17.8. The van der Waals surface area contributed by atoms with Gasteiger partial charge in [-0.3, -0.25) is 4.99 Å². The quantitative estimate of drug-likeness (QED) is 0.231. The van der Waals surface area contributed by atoms with Crippen LogP contribution in [0.4, 0.5) is 0 Å². The molecule has 1 fully saturated rings. The summed E-state index contributed by atoms with van der Waals surface area (Å²) in [6.07, 6.45) is 11.1. The first kappa shape index (κ1) is 23.7. The average molecular weight is 509 g/mol. The van der Waals surface area contributed by atoms with Crippen LogP contribution in [0.1, 0.15) is 62.8 Å². The zero-order chi connectivity index (χ0) is 19.6. The number of imidazole rings is 1. The lowest BCUT2D eigenvalue weighted by Gasteiger charge is -2.30. The van der Waals surface area contributed by atoms with E-state index in [0.717, 1.165) is 44.3 Å². The molecule has 0 atom stereocenters. The molecular weight excluding hydrogens is 473 g/mol. The molecule has 0 amide bonds. The van der Waals surface area contributed by atoms with E-state index in [1.807, 2.05) is 6.20 Å². The Bertz CT molecular complexity index is 720. The van der Waals surface area contributed by atoms with Gasteiger partial charge in [-0.2, -0.15) is 0 Å². The van der Waals surface area contributed by atoms with Gasteiger partial charge in [0.2, 0.25) is 0 Å². The monoisotopic (exact) mass is 509 g/mol. The number of nitrogens with one attached hydrogen (secondary N) is 2. The lowest BCUT2D eigenvalue weighted by atomic mass is 9.82. The van der Waals surface area contributed by atoms with Gasteiger partial charge in [0.25, 0.3) is 0 Å². The molecule has 1 aliphatic rings. The lowest BCUT2D eigenvalue weighted by molar-refractivity contribution is 0.371. The Hall–Kier alpha value is -1.57. The maximum atomic E-state index is 4.80. The van der Waals surface area contributed by atoms with Crippen molar-refractivity contribution in [3.63, 3.8) is 0 Å². The van der Waals surface area contributed by atoms with E-state index >= 15 is 0 Å². The molecule has 0 spiro atoms. The van der Waals surface area contributed by atoms with Gasteiger partial charge in [-0.1, -0.05) is 30.3 Å². The minimum atomic E-state index is 0. The van der Waals surface area contributed by atoms with Crippen LogP contribution in [-0.4, -0.2) is 34.6 Å². The summed E-state index contributed by atoms with van der Waals surface area (Å²) in [7, 11) is 0. The third kappa shape index (κ3) is 7.64. The molecular formula is C23H36IN5. The first-order valence-electron chi connectivity index (χ1n) is 10.8. The SMILES string of the molecule is CCNC(=NCCCCn1ccnc1C)NC1CCC(c2ccccc2)CC1.I. The van der Waals surface area contributed by atoms with Crippen molar-refractivity contribution in [2.24, 2.45) is 4.99 Å². The van der Waals surface area contributed by atoms with Gasteiger partial charge >= 0.3 is 0 Å². The standard InChI is InChI=1S/C23H35N5.HI/c1-3-24-23(26-15-7-8-17-28-18-16-25-19(28)2)27-22-13-11-21(12-14-22)20-9-5-4-6-10-20;/h4-6,9-10,16,18,21-22H,3,7-8,11-15,17H2,1-2H3,(H2,24,26,27);1H. The highest BCUT2D eigenvalue weighted by Gasteiger charge is 2.22. The van der Waals surface area contributed by atoms with Gasteiger partial charge in [0.15, 0.2) is 5.96 Å². The fourth-order valence-corrected chi connectivity index (χ4v) is 4.03. The van der Waals surface area contributed by atoms with Crippen LogP contribution in [-0.2, 0) is 6.54 Å². The van der Waals surface area contributed by atoms with Crippen LogP contribution in [0.2, 0.25) is 0 Å². The number of benzene rings is 1. The number of guanidine groups is 1. The number of hydrogen-bond donors (Lipinski definition) is 2. The number of aryl methyl sites for hydroxylation is 2. The second kappa shape index (κ2) is 12.9. The topological polar surface area (TPSA) is 54.2 Å². The maximum absolute atomic E-state index is 4.80. The minimum Gasteiger partial charge on any atom is -0.357 e. The molecule has 0 bridgehead atoms. The van der Waals surface area contributed by atoms with Crippen molar-refractivity contribution < 1.29 is 0 Å². The minimum absolute atomic E-state index is 0. The molecule has 1 aromatic carbocycles. The Balaban J connectivity index is 0.00000300. The number of rotatable bonds is 8. The number of aliphatic imine (C=N–C) groups is 1. The summed E-state index contributed by atoms with van der Waals surface area (Å²) in [4.78, 5) is 9.07. The molecule has 1 aliphatic carbocycles. The lowest BCUT2D eigenvalue weighted by Crippen LogP contribution is -2.44. The van der Waals surface area contributed by atoms with Crippen LogP contribution in [0.3, 0.4) is 0 Å². The first-order chi connectivity index (χ1) is 13.8. The molecule has 1 saturated carbocycles. The number of hydrogen-bond acceptors (Lipinski definition) is 2. The normalized spacial score (nSPS) is 19.4. The molecule has 1 aromatic heterocycles. The van der Waals surface area contributed by atoms with Crippen LogP contribution in [0.15, 0.2) is 47.7 Å². The highest BCUT2D eigenvalue weighted by molar-refractivity contribution is 14.0. The van der Waals surface area contributed by atoms with Crippen molar-refractivity contribution in [2.45, 2.75) is 70.9 Å². The van der Waals surface area contributed by atoms with Crippen LogP contribution >= 0.6 is 24.0 Å². The van der Waals surface area contributed by atoms with Crippen molar-refractivity contribution in [1.29, 1.82) is 0 Å². The van der Waals surface area contributed by atoms with Crippen molar-refractivity contribution in [1.82, 2.24) is 20.2 Å². The highest BCUT2D eigenvalue weighted by atomic mass is 127. The third-order valence-electron chi connectivity index (χ3n) is 5.68. The molecule has 2 N–H and O–H groups in total. The second-order valence-corrected chi connectivity index (χ2v) is 7.74. The number of nitrogens with zero attached hydrogens (tertiary/aromatic N) is 3. The van der Waals surface area contributed by atoms with Crippen LogP contribution in [0.25, 0.3) is 0 Å². The summed E-state index contributed by atoms with van der Waals surface area (Å²) in [6.45, 7) is 6.97. The molecule has 0 radical (unpaired) electrons. The molecule has 6 heteroatoms. The van der Waals surface area contributed by atoms with Crippen LogP contribution < -0.4 is 10.6 Å². The smallest absolute Gasteiger partial charge is 0.191 e. The van der Waals surface area contributed by atoms with Crippen LogP contribution in [0, 0.1) is 6.92 Å². The summed E-state index contributed by atoms with van der Waals surface area (Å²) < 4.78 is 2.21. The maximum Gasteiger partial charge on any atom is 0.191 e. The van der Waals surface area contributed by atoms with Gasteiger partial charge in [-0.25, -0.2) is 4.98 Å². The van der Waals surface area contributed by atoms with Gasteiger partial charge in [0.05, 0.1) is 0 Å². The Morgan fingerprint density at radius 1 is 1.14 bits per heavy atom. The molecule has 1 heterocycles. The van der Waals surface area contributed by atoms with E-state index in [2.05, 4.69) is 70.6 Å². The zero-order valence-corrected chi connectivity index (χ0v) is 20.1. The third-order valence-corrected chi connectivity index (χ3v) is 5.68. The highest BCUT2D eigenvalue weighted by Crippen LogP contribution is 2.32. The predicted molar refractivity (Wildman–Crippen MR) is 132 cm³/mol. The van der Waals surface area contributed by atoms with Gasteiger partial charge in [0, 0.05) is 38.1 Å².